The summed E-state index contributed by atoms with van der Waals surface area (Å²) in [6, 6.07) is 7.09. The van der Waals surface area contributed by atoms with Crippen LogP contribution >= 0.6 is 11.6 Å². The summed E-state index contributed by atoms with van der Waals surface area (Å²) in [6.07, 6.45) is 4.72. The molecule has 0 bridgehead atoms. The van der Waals surface area contributed by atoms with Crippen LogP contribution in [0.1, 0.15) is 49.9 Å². The number of amides is 2. The number of likely N-dealkylation sites (N-methyl/N-ethyl adjacent to an activating group) is 1. The summed E-state index contributed by atoms with van der Waals surface area (Å²) in [4.78, 5) is 32.2. The minimum Gasteiger partial charge on any atom is -0.342 e. The van der Waals surface area contributed by atoms with Gasteiger partial charge in [0.2, 0.25) is 5.91 Å². The fourth-order valence-electron chi connectivity index (χ4n) is 4.66. The summed E-state index contributed by atoms with van der Waals surface area (Å²) in [6.45, 7) is 8.42. The lowest BCUT2D eigenvalue weighted by Gasteiger charge is -2.42. The number of carbonyl (C=O) groups excluding carboxylic acids is 2. The third-order valence-electron chi connectivity index (χ3n) is 6.24. The predicted octanol–water partition coefficient (Wildman–Crippen LogP) is 3.53. The Hall–Kier alpha value is -1.59. The van der Waals surface area contributed by atoms with Crippen LogP contribution in [0.15, 0.2) is 24.3 Å². The van der Waals surface area contributed by atoms with Crippen LogP contribution in [0.3, 0.4) is 0 Å². The van der Waals surface area contributed by atoms with Crippen molar-refractivity contribution in [3.63, 3.8) is 0 Å². The van der Waals surface area contributed by atoms with E-state index in [1.54, 1.807) is 12.1 Å². The van der Waals surface area contributed by atoms with Crippen LogP contribution in [0.2, 0.25) is 5.02 Å². The zero-order chi connectivity index (χ0) is 20.1. The smallest absolute Gasteiger partial charge is 0.253 e. The first-order valence-corrected chi connectivity index (χ1v) is 11.0. The first-order valence-electron chi connectivity index (χ1n) is 10.6. The average Bonchev–Trinajstić information content (AvgIpc) is 3.23. The van der Waals surface area contributed by atoms with Crippen molar-refractivity contribution in [2.75, 3.05) is 39.3 Å². The molecule has 28 heavy (non-hydrogen) atoms. The Morgan fingerprint density at radius 1 is 1.11 bits per heavy atom. The normalized spacial score (nSPS) is 19.6. The van der Waals surface area contributed by atoms with Crippen molar-refractivity contribution in [1.29, 1.82) is 0 Å². The van der Waals surface area contributed by atoms with Crippen LogP contribution in [0.5, 0.6) is 0 Å². The van der Waals surface area contributed by atoms with Gasteiger partial charge in [-0.25, -0.2) is 0 Å². The van der Waals surface area contributed by atoms with Gasteiger partial charge in [-0.3, -0.25) is 14.5 Å². The number of nitrogens with zero attached hydrogens (tertiary/aromatic N) is 3. The Kier molecular flexibility index (Phi) is 7.36. The van der Waals surface area contributed by atoms with E-state index < -0.39 is 0 Å². The molecule has 1 heterocycles. The first kappa shape index (κ1) is 21.1. The molecule has 0 N–H and O–H groups in total. The molecule has 2 aliphatic rings. The number of halogens is 1. The van der Waals surface area contributed by atoms with Gasteiger partial charge in [-0.2, -0.15) is 0 Å². The largest absolute Gasteiger partial charge is 0.342 e. The van der Waals surface area contributed by atoms with Crippen LogP contribution in [-0.4, -0.2) is 71.8 Å². The highest BCUT2D eigenvalue weighted by atomic mass is 35.5. The fraction of sp³-hybridized carbons (Fsp3) is 0.636. The maximum atomic E-state index is 13.3. The van der Waals surface area contributed by atoms with Gasteiger partial charge < -0.3 is 9.80 Å². The molecule has 1 aromatic carbocycles. The highest BCUT2D eigenvalue weighted by Crippen LogP contribution is 2.32. The summed E-state index contributed by atoms with van der Waals surface area (Å²) in [5.74, 6) is 0.740. The molecule has 0 radical (unpaired) electrons. The third kappa shape index (κ3) is 4.69. The summed E-state index contributed by atoms with van der Waals surface area (Å²) in [5, 5.41) is 0.579. The number of piperazine rings is 1. The quantitative estimate of drug-likeness (QED) is 0.727. The van der Waals surface area contributed by atoms with Crippen molar-refractivity contribution >= 4 is 23.4 Å². The highest BCUT2D eigenvalue weighted by molar-refractivity contribution is 6.30. The zero-order valence-electron chi connectivity index (χ0n) is 17.1. The Labute approximate surface area is 173 Å². The van der Waals surface area contributed by atoms with E-state index in [9.17, 15) is 9.59 Å². The molecule has 1 aromatic rings. The molecular weight excluding hydrogens is 374 g/mol. The second-order valence-corrected chi connectivity index (χ2v) is 8.27. The average molecular weight is 406 g/mol. The molecule has 2 fully saturated rings. The molecule has 5 nitrogen and oxygen atoms in total. The van der Waals surface area contributed by atoms with Crippen LogP contribution in [0.4, 0.5) is 0 Å². The predicted molar refractivity (Wildman–Crippen MR) is 113 cm³/mol. The number of rotatable bonds is 6. The molecule has 0 aromatic heterocycles. The Bertz CT molecular complexity index is 678. The van der Waals surface area contributed by atoms with E-state index in [2.05, 4.69) is 18.7 Å². The van der Waals surface area contributed by atoms with E-state index in [-0.39, 0.29) is 17.9 Å². The van der Waals surface area contributed by atoms with Crippen LogP contribution in [0.25, 0.3) is 0 Å². The standard InChI is InChI=1S/C22H32ClN3O2/c1-3-24(4-2)22(28)20(17-8-5-6-9-17)25-12-14-26(15-13-25)21(27)18-10-7-11-19(23)16-18/h7,10-11,16-17,20H,3-6,8-9,12-15H2,1-2H3/t20-/m0/s1. The maximum Gasteiger partial charge on any atom is 0.253 e. The summed E-state index contributed by atoms with van der Waals surface area (Å²) < 4.78 is 0. The Morgan fingerprint density at radius 3 is 2.32 bits per heavy atom. The lowest BCUT2D eigenvalue weighted by Crippen LogP contribution is -2.58. The monoisotopic (exact) mass is 405 g/mol. The molecular formula is C22H32ClN3O2. The van der Waals surface area contributed by atoms with E-state index in [0.717, 1.165) is 39.0 Å². The van der Waals surface area contributed by atoms with Crippen molar-refractivity contribution in [1.82, 2.24) is 14.7 Å². The van der Waals surface area contributed by atoms with Gasteiger partial charge in [0.05, 0.1) is 6.04 Å². The molecule has 1 aliphatic heterocycles. The summed E-state index contributed by atoms with van der Waals surface area (Å²) in [7, 11) is 0. The van der Waals surface area contributed by atoms with Crippen molar-refractivity contribution < 1.29 is 9.59 Å². The number of carbonyl (C=O) groups is 2. The molecule has 2 amide bonds. The fourth-order valence-corrected chi connectivity index (χ4v) is 4.85. The summed E-state index contributed by atoms with van der Waals surface area (Å²) in [5.41, 5.74) is 0.632. The van der Waals surface area contributed by atoms with Crippen molar-refractivity contribution in [3.8, 4) is 0 Å². The van der Waals surface area contributed by atoms with Crippen LogP contribution < -0.4 is 0 Å². The molecule has 154 valence electrons. The van der Waals surface area contributed by atoms with E-state index in [4.69, 9.17) is 11.6 Å². The summed E-state index contributed by atoms with van der Waals surface area (Å²) >= 11 is 6.04. The van der Waals surface area contributed by atoms with Gasteiger partial charge in [-0.05, 0) is 50.8 Å². The van der Waals surface area contributed by atoms with Crippen molar-refractivity contribution in [2.24, 2.45) is 5.92 Å². The van der Waals surface area contributed by atoms with E-state index in [1.165, 1.54) is 12.8 Å². The van der Waals surface area contributed by atoms with E-state index >= 15 is 0 Å². The van der Waals surface area contributed by atoms with Crippen molar-refractivity contribution in [3.05, 3.63) is 34.9 Å². The molecule has 0 unspecified atom stereocenters. The second kappa shape index (κ2) is 9.75. The van der Waals surface area contributed by atoms with Gasteiger partial charge in [0.15, 0.2) is 0 Å². The first-order chi connectivity index (χ1) is 13.5. The lowest BCUT2D eigenvalue weighted by molar-refractivity contribution is -0.139. The Morgan fingerprint density at radius 2 is 1.75 bits per heavy atom. The van der Waals surface area contributed by atoms with Crippen LogP contribution in [-0.2, 0) is 4.79 Å². The van der Waals surface area contributed by atoms with Gasteiger partial charge in [-0.1, -0.05) is 30.5 Å². The topological polar surface area (TPSA) is 43.9 Å². The van der Waals surface area contributed by atoms with E-state index in [0.29, 0.717) is 29.6 Å². The van der Waals surface area contributed by atoms with Gasteiger partial charge in [0, 0.05) is 49.9 Å². The minimum absolute atomic E-state index is 0.0228. The zero-order valence-corrected chi connectivity index (χ0v) is 17.8. The minimum atomic E-state index is -0.0363. The molecule has 6 heteroatoms. The van der Waals surface area contributed by atoms with Gasteiger partial charge in [0.25, 0.3) is 5.91 Å². The lowest BCUT2D eigenvalue weighted by atomic mass is 9.94. The third-order valence-corrected chi connectivity index (χ3v) is 6.48. The molecule has 1 saturated carbocycles. The highest BCUT2D eigenvalue weighted by Gasteiger charge is 2.38. The molecule has 1 saturated heterocycles. The maximum absolute atomic E-state index is 13.3. The number of hydrogen-bond donors (Lipinski definition) is 0. The Balaban J connectivity index is 1.67. The molecule has 0 spiro atoms. The number of benzene rings is 1. The molecule has 1 atom stereocenters. The second-order valence-electron chi connectivity index (χ2n) is 7.84. The van der Waals surface area contributed by atoms with Gasteiger partial charge in [-0.15, -0.1) is 0 Å². The number of hydrogen-bond acceptors (Lipinski definition) is 3. The van der Waals surface area contributed by atoms with Crippen LogP contribution in [0, 0.1) is 5.92 Å². The molecule has 3 rings (SSSR count). The van der Waals surface area contributed by atoms with E-state index in [1.807, 2.05) is 21.9 Å². The van der Waals surface area contributed by atoms with Gasteiger partial charge in [0.1, 0.15) is 0 Å². The molecule has 1 aliphatic carbocycles. The SMILES string of the molecule is CCN(CC)C(=O)[C@H](C1CCCC1)N1CCN(C(=O)c2cccc(Cl)c2)CC1. The van der Waals surface area contributed by atoms with Crippen molar-refractivity contribution in [2.45, 2.75) is 45.6 Å². The van der Waals surface area contributed by atoms with Gasteiger partial charge >= 0.3 is 0 Å².